The zero-order valence-electron chi connectivity index (χ0n) is 15.0. The van der Waals surface area contributed by atoms with E-state index in [9.17, 15) is 0 Å². The lowest BCUT2D eigenvalue weighted by atomic mass is 9.75. The van der Waals surface area contributed by atoms with Crippen LogP contribution in [0.15, 0.2) is 18.2 Å². The van der Waals surface area contributed by atoms with Gasteiger partial charge in [0.25, 0.3) is 0 Å². The number of nitrogens with two attached hydrogens (primary N) is 1. The Morgan fingerprint density at radius 3 is 2.73 bits per heavy atom. The maximum Gasteiger partial charge on any atom is 0.0229 e. The van der Waals surface area contributed by atoms with E-state index in [1.807, 2.05) is 0 Å². The molecule has 0 spiro atoms. The van der Waals surface area contributed by atoms with Crippen LogP contribution in [-0.4, -0.2) is 6.04 Å². The predicted octanol–water partition coefficient (Wildman–Crippen LogP) is 5.46. The van der Waals surface area contributed by atoms with Crippen LogP contribution in [0.2, 0.25) is 0 Å². The van der Waals surface area contributed by atoms with Gasteiger partial charge in [-0.15, -0.1) is 0 Å². The third-order valence-corrected chi connectivity index (χ3v) is 5.36. The van der Waals surface area contributed by atoms with Gasteiger partial charge in [-0.3, -0.25) is 0 Å². The molecule has 0 saturated carbocycles. The highest BCUT2D eigenvalue weighted by molar-refractivity contribution is 5.59. The van der Waals surface area contributed by atoms with Crippen molar-refractivity contribution in [3.8, 4) is 0 Å². The van der Waals surface area contributed by atoms with Crippen LogP contribution >= 0.6 is 0 Å². The topological polar surface area (TPSA) is 26.0 Å². The van der Waals surface area contributed by atoms with Gasteiger partial charge in [0.15, 0.2) is 0 Å². The molecule has 1 aliphatic rings. The van der Waals surface area contributed by atoms with Crippen LogP contribution in [-0.2, 0) is 6.42 Å². The predicted molar refractivity (Wildman–Crippen MR) is 98.2 cm³/mol. The third-order valence-electron chi connectivity index (χ3n) is 5.36. The first-order valence-electron chi connectivity index (χ1n) is 8.98. The van der Waals surface area contributed by atoms with Gasteiger partial charge in [0.05, 0.1) is 0 Å². The minimum Gasteiger partial charge on any atom is -0.324 e. The van der Waals surface area contributed by atoms with Gasteiger partial charge in [0, 0.05) is 6.04 Å². The van der Waals surface area contributed by atoms with Crippen molar-refractivity contribution < 1.29 is 0 Å². The Bertz CT molecular complexity index is 529. The first-order valence-corrected chi connectivity index (χ1v) is 8.98. The summed E-state index contributed by atoms with van der Waals surface area (Å²) in [4.78, 5) is 0. The highest BCUT2D eigenvalue weighted by Crippen LogP contribution is 2.37. The quantitative estimate of drug-likeness (QED) is 0.768. The van der Waals surface area contributed by atoms with Crippen LogP contribution in [0.5, 0.6) is 0 Å². The van der Waals surface area contributed by atoms with Crippen LogP contribution in [0, 0.1) is 18.8 Å². The fourth-order valence-electron chi connectivity index (χ4n) is 3.96. The van der Waals surface area contributed by atoms with Crippen molar-refractivity contribution in [3.05, 3.63) is 40.5 Å². The van der Waals surface area contributed by atoms with E-state index in [1.165, 1.54) is 30.4 Å². The molecule has 0 amide bonds. The van der Waals surface area contributed by atoms with Crippen LogP contribution < -0.4 is 5.73 Å². The van der Waals surface area contributed by atoms with Gasteiger partial charge in [-0.05, 0) is 66.2 Å². The minimum absolute atomic E-state index is 0.169. The maximum absolute atomic E-state index is 6.24. The van der Waals surface area contributed by atoms with Gasteiger partial charge in [-0.25, -0.2) is 0 Å². The molecule has 0 radical (unpaired) electrons. The zero-order valence-corrected chi connectivity index (χ0v) is 15.0. The Kier molecular flexibility index (Phi) is 5.86. The first-order chi connectivity index (χ1) is 10.4. The van der Waals surface area contributed by atoms with E-state index in [0.717, 1.165) is 12.3 Å². The number of fused-ring (bicyclic) bond motifs is 1. The average Bonchev–Trinajstić information content (AvgIpc) is 2.45. The molecule has 0 aromatic heterocycles. The van der Waals surface area contributed by atoms with E-state index in [0.29, 0.717) is 11.8 Å². The number of benzene rings is 1. The maximum atomic E-state index is 6.24. The lowest BCUT2D eigenvalue weighted by Gasteiger charge is -2.29. The largest absolute Gasteiger partial charge is 0.324 e. The molecule has 1 nitrogen and oxygen atoms in total. The Morgan fingerprint density at radius 2 is 2.05 bits per heavy atom. The van der Waals surface area contributed by atoms with Gasteiger partial charge in [0.1, 0.15) is 0 Å². The van der Waals surface area contributed by atoms with Gasteiger partial charge < -0.3 is 5.73 Å². The molecule has 2 rings (SSSR count). The molecule has 122 valence electrons. The van der Waals surface area contributed by atoms with Gasteiger partial charge in [-0.2, -0.15) is 0 Å². The standard InChI is InChI=1S/C21H33N/c1-6-14(2)13-20(22)10-9-18-7-8-19-12-15(3)11-16(4)21(19)17(18)5/h7-10,14-16,20H,6,11-13,22H2,1-5H3/b10-9+. The SMILES string of the molecule is CCC(C)CC(N)/C=C/c1ccc2c(c1C)C(C)CC(C)C2. The Morgan fingerprint density at radius 1 is 1.32 bits per heavy atom. The van der Waals surface area contributed by atoms with Crippen LogP contribution in [0.4, 0.5) is 0 Å². The second kappa shape index (κ2) is 7.46. The summed E-state index contributed by atoms with van der Waals surface area (Å²) < 4.78 is 0. The molecule has 1 aliphatic carbocycles. The molecule has 4 atom stereocenters. The summed E-state index contributed by atoms with van der Waals surface area (Å²) in [5.74, 6) is 2.19. The van der Waals surface area contributed by atoms with Gasteiger partial charge >= 0.3 is 0 Å². The second-order valence-corrected chi connectivity index (χ2v) is 7.57. The van der Waals surface area contributed by atoms with Crippen LogP contribution in [0.3, 0.4) is 0 Å². The van der Waals surface area contributed by atoms with E-state index in [2.05, 4.69) is 58.9 Å². The molecule has 0 saturated heterocycles. The highest BCUT2D eigenvalue weighted by atomic mass is 14.6. The van der Waals surface area contributed by atoms with E-state index in [4.69, 9.17) is 5.73 Å². The first kappa shape index (κ1) is 17.3. The summed E-state index contributed by atoms with van der Waals surface area (Å²) in [6, 6.07) is 4.79. The zero-order chi connectivity index (χ0) is 16.3. The van der Waals surface area contributed by atoms with Crippen molar-refractivity contribution in [2.24, 2.45) is 17.6 Å². The number of hydrogen-bond acceptors (Lipinski definition) is 1. The molecule has 4 unspecified atom stereocenters. The molecule has 0 bridgehead atoms. The fourth-order valence-corrected chi connectivity index (χ4v) is 3.96. The summed E-state index contributed by atoms with van der Waals surface area (Å²) in [7, 11) is 0. The van der Waals surface area contributed by atoms with E-state index >= 15 is 0 Å². The molecule has 1 heteroatoms. The summed E-state index contributed by atoms with van der Waals surface area (Å²) in [5.41, 5.74) is 12.2. The van der Waals surface area contributed by atoms with Crippen molar-refractivity contribution in [1.29, 1.82) is 0 Å². The fraction of sp³-hybridized carbons (Fsp3) is 0.619. The molecule has 1 aromatic carbocycles. The van der Waals surface area contributed by atoms with Crippen molar-refractivity contribution >= 4 is 6.08 Å². The van der Waals surface area contributed by atoms with Gasteiger partial charge in [-0.1, -0.05) is 58.4 Å². The normalized spacial score (nSPS) is 24.3. The molecule has 1 aromatic rings. The minimum atomic E-state index is 0.169. The van der Waals surface area contributed by atoms with E-state index in [-0.39, 0.29) is 6.04 Å². The van der Waals surface area contributed by atoms with Crippen molar-refractivity contribution in [2.75, 3.05) is 0 Å². The second-order valence-electron chi connectivity index (χ2n) is 7.57. The summed E-state index contributed by atoms with van der Waals surface area (Å²) >= 11 is 0. The molecule has 22 heavy (non-hydrogen) atoms. The lowest BCUT2D eigenvalue weighted by Crippen LogP contribution is -2.19. The van der Waals surface area contributed by atoms with Gasteiger partial charge in [0.2, 0.25) is 0 Å². The third kappa shape index (κ3) is 4.01. The lowest BCUT2D eigenvalue weighted by molar-refractivity contribution is 0.448. The van der Waals surface area contributed by atoms with Crippen molar-refractivity contribution in [1.82, 2.24) is 0 Å². The molecule has 0 aliphatic heterocycles. The van der Waals surface area contributed by atoms with Crippen molar-refractivity contribution in [3.63, 3.8) is 0 Å². The Labute approximate surface area is 137 Å². The average molecular weight is 300 g/mol. The monoisotopic (exact) mass is 299 g/mol. The Balaban J connectivity index is 2.18. The van der Waals surface area contributed by atoms with Crippen molar-refractivity contribution in [2.45, 2.75) is 72.3 Å². The van der Waals surface area contributed by atoms with E-state index in [1.54, 1.807) is 11.1 Å². The summed E-state index contributed by atoms with van der Waals surface area (Å²) in [6.07, 6.45) is 9.26. The van der Waals surface area contributed by atoms with Crippen LogP contribution in [0.25, 0.3) is 6.08 Å². The molecular weight excluding hydrogens is 266 g/mol. The molecule has 0 heterocycles. The summed E-state index contributed by atoms with van der Waals surface area (Å²) in [5, 5.41) is 0. The molecular formula is C21H33N. The number of hydrogen-bond donors (Lipinski definition) is 1. The summed E-state index contributed by atoms with van der Waals surface area (Å²) in [6.45, 7) is 11.5. The van der Waals surface area contributed by atoms with E-state index < -0.39 is 0 Å². The Hall–Kier alpha value is -1.08. The number of rotatable bonds is 5. The van der Waals surface area contributed by atoms with Crippen LogP contribution in [0.1, 0.15) is 75.1 Å². The molecule has 0 fully saturated rings. The smallest absolute Gasteiger partial charge is 0.0229 e. The molecule has 2 N–H and O–H groups in total. The highest BCUT2D eigenvalue weighted by Gasteiger charge is 2.23.